The van der Waals surface area contributed by atoms with Crippen molar-refractivity contribution < 1.29 is 33.7 Å². The predicted molar refractivity (Wildman–Crippen MR) is 124 cm³/mol. The summed E-state index contributed by atoms with van der Waals surface area (Å²) in [6.45, 7) is 3.90. The lowest BCUT2D eigenvalue weighted by Gasteiger charge is -2.14. The Labute approximate surface area is 197 Å². The van der Waals surface area contributed by atoms with Crippen molar-refractivity contribution >= 4 is 12.1 Å². The molecule has 9 nitrogen and oxygen atoms in total. The summed E-state index contributed by atoms with van der Waals surface area (Å²) in [5, 5.41) is 21.8. The maximum atomic E-state index is 11.9. The lowest BCUT2D eigenvalue weighted by molar-refractivity contribution is -0.136. The molecule has 0 radical (unpaired) electrons. The van der Waals surface area contributed by atoms with Gasteiger partial charge in [0.15, 0.2) is 0 Å². The molecule has 9 heteroatoms. The number of oxazole rings is 1. The number of aryl methyl sites for hydroxylation is 1. The lowest BCUT2D eigenvalue weighted by atomic mass is 10.0. The van der Waals surface area contributed by atoms with Gasteiger partial charge in [0.2, 0.25) is 5.89 Å². The monoisotopic (exact) mass is 468 g/mol. The number of carboxylic acid groups (broad SMARTS) is 1. The molecule has 1 amide bonds. The molecule has 3 rings (SSSR count). The third-order valence-electron chi connectivity index (χ3n) is 4.86. The Kier molecular flexibility index (Phi) is 8.50. The number of rotatable bonds is 11. The smallest absolute Gasteiger partial charge is 0.407 e. The second-order valence-corrected chi connectivity index (χ2v) is 7.87. The van der Waals surface area contributed by atoms with Gasteiger partial charge in [0.1, 0.15) is 11.4 Å². The van der Waals surface area contributed by atoms with Crippen LogP contribution in [-0.4, -0.2) is 40.0 Å². The summed E-state index contributed by atoms with van der Waals surface area (Å²) in [6, 6.07) is 14.5. The van der Waals surface area contributed by atoms with E-state index in [4.69, 9.17) is 19.0 Å². The molecule has 0 fully saturated rings. The largest absolute Gasteiger partial charge is 0.493 e. The molecule has 3 aromatic rings. The maximum Gasteiger partial charge on any atom is 0.407 e. The highest BCUT2D eigenvalue weighted by Crippen LogP contribution is 2.27. The van der Waals surface area contributed by atoms with Gasteiger partial charge >= 0.3 is 18.0 Å². The summed E-state index contributed by atoms with van der Waals surface area (Å²) in [5.74, 6) is -0.280. The highest BCUT2D eigenvalue weighted by Gasteiger charge is 2.14. The number of benzene rings is 2. The minimum atomic E-state index is -0.902. The fraction of sp³-hybridized carbons (Fsp3) is 0.320. The first-order chi connectivity index (χ1) is 16.3. The number of aromatic hydroxyl groups is 1. The number of ether oxygens (including phenoxy) is 2. The molecule has 1 aromatic heterocycles. The Morgan fingerprint density at radius 3 is 2.56 bits per heavy atom. The van der Waals surface area contributed by atoms with Gasteiger partial charge in [-0.25, -0.2) is 9.78 Å². The number of hydrogen-bond acceptors (Lipinski definition) is 7. The van der Waals surface area contributed by atoms with Crippen molar-refractivity contribution in [2.45, 2.75) is 45.8 Å². The van der Waals surface area contributed by atoms with Gasteiger partial charge < -0.3 is 29.4 Å². The van der Waals surface area contributed by atoms with Crippen LogP contribution in [0.5, 0.6) is 11.7 Å². The zero-order chi connectivity index (χ0) is 24.5. The highest BCUT2D eigenvalue weighted by molar-refractivity contribution is 5.68. The van der Waals surface area contributed by atoms with Crippen LogP contribution in [0.3, 0.4) is 0 Å². The van der Waals surface area contributed by atoms with Crippen LogP contribution in [0.25, 0.3) is 11.5 Å². The second-order valence-electron chi connectivity index (χ2n) is 7.87. The number of carbonyl (C=O) groups excluding carboxylic acids is 1. The zero-order valence-corrected chi connectivity index (χ0v) is 19.1. The van der Waals surface area contributed by atoms with Crippen LogP contribution >= 0.6 is 0 Å². The Bertz CT molecular complexity index is 1110. The number of hydrogen-bond donors (Lipinski definition) is 3. The molecular formula is C25H28N2O7. The summed E-state index contributed by atoms with van der Waals surface area (Å²) in [4.78, 5) is 27.2. The first-order valence-electron chi connectivity index (χ1n) is 11.0. The van der Waals surface area contributed by atoms with Gasteiger partial charge in [-0.3, -0.25) is 4.79 Å². The Morgan fingerprint density at radius 2 is 1.85 bits per heavy atom. The number of alkyl carbamates (subject to hydrolysis) is 1. The summed E-state index contributed by atoms with van der Waals surface area (Å²) >= 11 is 0. The number of carboxylic acids is 1. The lowest BCUT2D eigenvalue weighted by Crippen LogP contribution is -2.26. The van der Waals surface area contributed by atoms with Gasteiger partial charge in [-0.15, -0.1) is 0 Å². The summed E-state index contributed by atoms with van der Waals surface area (Å²) in [6.07, 6.45) is -0.200. The minimum absolute atomic E-state index is 0.0289. The predicted octanol–water partition coefficient (Wildman–Crippen LogP) is 4.32. The molecule has 1 heterocycles. The number of nitrogens with zero attached hydrogens (tertiary/aromatic N) is 1. The summed E-state index contributed by atoms with van der Waals surface area (Å²) < 4.78 is 16.3. The van der Waals surface area contributed by atoms with Crippen LogP contribution in [0.2, 0.25) is 0 Å². The topological polar surface area (TPSA) is 131 Å². The quantitative estimate of drug-likeness (QED) is 0.379. The standard InChI is InChI=1S/C25H28N2O7/c1-16(2)33-25(31)26-15-19-14-20(10-8-17(19)9-11-22(28)29)32-13-12-21-24(30)34-23(27-21)18-6-4-3-5-7-18/h3-8,10,14,16,30H,9,11-13,15H2,1-2H3,(H,26,31)(H,28,29). The van der Waals surface area contributed by atoms with E-state index in [-0.39, 0.29) is 31.6 Å². The minimum Gasteiger partial charge on any atom is -0.493 e. The maximum absolute atomic E-state index is 11.9. The van der Waals surface area contributed by atoms with E-state index >= 15 is 0 Å². The fourth-order valence-electron chi connectivity index (χ4n) is 3.24. The average molecular weight is 469 g/mol. The van der Waals surface area contributed by atoms with Crippen LogP contribution in [-0.2, 0) is 28.9 Å². The normalized spacial score (nSPS) is 10.8. The molecule has 0 saturated carbocycles. The van der Waals surface area contributed by atoms with Crippen LogP contribution in [0, 0.1) is 0 Å². The number of aliphatic carboxylic acids is 1. The van der Waals surface area contributed by atoms with E-state index in [1.807, 2.05) is 30.3 Å². The third-order valence-corrected chi connectivity index (χ3v) is 4.86. The first-order valence-corrected chi connectivity index (χ1v) is 11.0. The van der Waals surface area contributed by atoms with Crippen LogP contribution in [0.15, 0.2) is 52.9 Å². The van der Waals surface area contributed by atoms with Gasteiger partial charge in [-0.05, 0) is 55.7 Å². The molecule has 0 aliphatic rings. The Hall–Kier alpha value is -4.01. The van der Waals surface area contributed by atoms with Crippen LogP contribution in [0.1, 0.15) is 37.1 Å². The third kappa shape index (κ3) is 7.26. The van der Waals surface area contributed by atoms with Crippen molar-refractivity contribution in [1.29, 1.82) is 0 Å². The molecular weight excluding hydrogens is 440 g/mol. The summed E-state index contributed by atoms with van der Waals surface area (Å²) in [7, 11) is 0. The Balaban J connectivity index is 1.64. The van der Waals surface area contributed by atoms with E-state index in [1.54, 1.807) is 32.0 Å². The molecule has 0 saturated heterocycles. The van der Waals surface area contributed by atoms with Crippen molar-refractivity contribution in [3.63, 3.8) is 0 Å². The SMILES string of the molecule is CC(C)OC(=O)NCc1cc(OCCc2nc(-c3ccccc3)oc2O)ccc1CCC(=O)O. The van der Waals surface area contributed by atoms with E-state index in [9.17, 15) is 14.7 Å². The Morgan fingerprint density at radius 1 is 1.09 bits per heavy atom. The van der Waals surface area contributed by atoms with Crippen molar-refractivity contribution in [3.05, 3.63) is 65.4 Å². The first kappa shape index (κ1) is 24.6. The molecule has 0 spiro atoms. The van der Waals surface area contributed by atoms with Crippen molar-refractivity contribution in [2.75, 3.05) is 6.61 Å². The van der Waals surface area contributed by atoms with E-state index < -0.39 is 12.1 Å². The van der Waals surface area contributed by atoms with Gasteiger partial charge in [0.25, 0.3) is 0 Å². The second kappa shape index (κ2) is 11.7. The molecule has 0 unspecified atom stereocenters. The number of carbonyl (C=O) groups is 2. The molecule has 0 aliphatic heterocycles. The van der Waals surface area contributed by atoms with E-state index in [1.165, 1.54) is 0 Å². The van der Waals surface area contributed by atoms with E-state index in [2.05, 4.69) is 10.3 Å². The van der Waals surface area contributed by atoms with E-state index in [0.29, 0.717) is 30.2 Å². The van der Waals surface area contributed by atoms with Crippen LogP contribution < -0.4 is 10.1 Å². The average Bonchev–Trinajstić information content (AvgIpc) is 3.17. The van der Waals surface area contributed by atoms with Crippen molar-refractivity contribution in [2.24, 2.45) is 0 Å². The van der Waals surface area contributed by atoms with Gasteiger partial charge in [0, 0.05) is 24.9 Å². The molecule has 3 N–H and O–H groups in total. The molecule has 0 aliphatic carbocycles. The van der Waals surface area contributed by atoms with Crippen LogP contribution in [0.4, 0.5) is 4.79 Å². The zero-order valence-electron chi connectivity index (χ0n) is 19.1. The molecule has 0 bridgehead atoms. The number of aromatic nitrogens is 1. The fourth-order valence-corrected chi connectivity index (χ4v) is 3.24. The van der Waals surface area contributed by atoms with Gasteiger partial charge in [-0.1, -0.05) is 24.3 Å². The molecule has 180 valence electrons. The van der Waals surface area contributed by atoms with E-state index in [0.717, 1.165) is 16.7 Å². The van der Waals surface area contributed by atoms with Crippen molar-refractivity contribution in [1.82, 2.24) is 10.3 Å². The molecule has 0 atom stereocenters. The number of amides is 1. The highest BCUT2D eigenvalue weighted by atomic mass is 16.6. The number of nitrogens with one attached hydrogen (secondary N) is 1. The van der Waals surface area contributed by atoms with Gasteiger partial charge in [-0.2, -0.15) is 0 Å². The van der Waals surface area contributed by atoms with Gasteiger partial charge in [0.05, 0.1) is 12.7 Å². The summed E-state index contributed by atoms with van der Waals surface area (Å²) in [5.41, 5.74) is 2.67. The van der Waals surface area contributed by atoms with Crippen molar-refractivity contribution in [3.8, 4) is 23.1 Å². The molecule has 34 heavy (non-hydrogen) atoms. The molecule has 2 aromatic carbocycles.